The van der Waals surface area contributed by atoms with Gasteiger partial charge in [-0.25, -0.2) is 13.2 Å². The molecule has 0 bridgehead atoms. The van der Waals surface area contributed by atoms with Gasteiger partial charge < -0.3 is 19.2 Å². The topological polar surface area (TPSA) is 89.8 Å². The Balaban J connectivity index is 0.000000244. The summed E-state index contributed by atoms with van der Waals surface area (Å²) in [5, 5.41) is 2.77. The summed E-state index contributed by atoms with van der Waals surface area (Å²) in [5.74, 6) is 0. The molecule has 4 rings (SSSR count). The van der Waals surface area contributed by atoms with Gasteiger partial charge in [-0.05, 0) is 31.0 Å². The van der Waals surface area contributed by atoms with E-state index in [0.29, 0.717) is 6.54 Å². The normalized spacial score (nSPS) is 17.5. The SMILES string of the molecule is Cc1ccc(S(=O)(=O)[N-]Cl)cc1.O=C1NCC2(CCN(CCc3ccccc3)CC2)O1.[Na+]. The van der Waals surface area contributed by atoms with Crippen molar-refractivity contribution in [2.24, 2.45) is 0 Å². The first-order chi connectivity index (χ1) is 14.8. The number of sulfonamides is 1. The van der Waals surface area contributed by atoms with Gasteiger partial charge in [-0.2, -0.15) is 0 Å². The summed E-state index contributed by atoms with van der Waals surface area (Å²) in [5.41, 5.74) is 2.15. The van der Waals surface area contributed by atoms with Gasteiger partial charge in [-0.1, -0.05) is 48.0 Å². The summed E-state index contributed by atoms with van der Waals surface area (Å²) in [6.07, 6.45) is 2.73. The number of nitrogens with one attached hydrogen (secondary N) is 1. The van der Waals surface area contributed by atoms with E-state index < -0.39 is 10.0 Å². The van der Waals surface area contributed by atoms with Crippen molar-refractivity contribution in [1.29, 1.82) is 0 Å². The third kappa shape index (κ3) is 7.73. The van der Waals surface area contributed by atoms with Crippen LogP contribution in [0.15, 0.2) is 59.5 Å². The minimum atomic E-state index is -3.62. The monoisotopic (exact) mass is 487 g/mol. The number of ether oxygens (including phenoxy) is 1. The molecule has 2 aromatic rings. The molecule has 2 heterocycles. The van der Waals surface area contributed by atoms with Crippen LogP contribution in [0.25, 0.3) is 4.24 Å². The number of hydrogen-bond acceptors (Lipinski definition) is 5. The molecule has 2 aliphatic heterocycles. The number of halogens is 1. The zero-order valence-electron chi connectivity index (χ0n) is 18.5. The number of aryl methyl sites for hydroxylation is 1. The van der Waals surface area contributed by atoms with Crippen LogP contribution in [0, 0.1) is 6.92 Å². The number of alkyl carbamates (subject to hydrolysis) is 1. The average Bonchev–Trinajstić information content (AvgIpc) is 3.15. The Bertz CT molecular complexity index is 966. The first-order valence-corrected chi connectivity index (χ1v) is 12.0. The van der Waals surface area contributed by atoms with Crippen LogP contribution in [0.2, 0.25) is 0 Å². The molecule has 0 atom stereocenters. The fourth-order valence-corrected chi connectivity index (χ4v) is 4.45. The van der Waals surface area contributed by atoms with Gasteiger partial charge in [0.05, 0.1) is 6.54 Å². The Morgan fingerprint density at radius 1 is 1.09 bits per heavy atom. The molecule has 2 aliphatic rings. The Kier molecular flexibility index (Phi) is 10.5. The quantitative estimate of drug-likeness (QED) is 0.636. The van der Waals surface area contributed by atoms with Crippen molar-refractivity contribution in [3.8, 4) is 0 Å². The van der Waals surface area contributed by atoms with E-state index in [1.54, 1.807) is 12.1 Å². The number of carbonyl (C=O) groups excluding carboxylic acids is 1. The number of carbonyl (C=O) groups is 1. The molecule has 0 radical (unpaired) electrons. The Hall–Kier alpha value is -1.13. The Morgan fingerprint density at radius 3 is 2.25 bits per heavy atom. The largest absolute Gasteiger partial charge is 1.00 e. The second kappa shape index (κ2) is 12.4. The van der Waals surface area contributed by atoms with Gasteiger partial charge in [0.15, 0.2) is 0 Å². The fraction of sp³-hybridized carbons (Fsp3) is 0.409. The van der Waals surface area contributed by atoms with Crippen molar-refractivity contribution in [2.75, 3.05) is 26.2 Å². The zero-order chi connectivity index (χ0) is 22.3. The van der Waals surface area contributed by atoms with Crippen LogP contribution in [0.4, 0.5) is 4.79 Å². The molecule has 0 aromatic heterocycles. The molecule has 1 amide bonds. The molecule has 7 nitrogen and oxygen atoms in total. The summed E-state index contributed by atoms with van der Waals surface area (Å²) < 4.78 is 30.2. The zero-order valence-corrected chi connectivity index (χ0v) is 22.0. The van der Waals surface area contributed by atoms with Gasteiger partial charge in [-0.15, -0.1) is 0 Å². The first-order valence-electron chi connectivity index (χ1n) is 10.2. The summed E-state index contributed by atoms with van der Waals surface area (Å²) >= 11 is 4.90. The van der Waals surface area contributed by atoms with E-state index in [2.05, 4.69) is 44.8 Å². The van der Waals surface area contributed by atoms with E-state index >= 15 is 0 Å². The van der Waals surface area contributed by atoms with Crippen LogP contribution in [-0.4, -0.2) is 51.2 Å². The molecular weight excluding hydrogens is 461 g/mol. The van der Waals surface area contributed by atoms with Gasteiger partial charge in [0.25, 0.3) is 0 Å². The first kappa shape index (κ1) is 27.1. The number of piperidine rings is 1. The third-order valence-electron chi connectivity index (χ3n) is 5.60. The standard InChI is InChI=1S/C15H20N2O2.C7H7ClNO2S.Na/c18-14-16-12-15(19-14)7-10-17(11-8-15)9-6-13-4-2-1-3-5-13;1-6-2-4-7(5-3-6)12(10,11)9-8;/h1-5H,6-12H2,(H,16,18);2-5H,1H3;/q;-1;+1. The van der Waals surface area contributed by atoms with E-state index in [1.807, 2.05) is 6.92 Å². The molecule has 168 valence electrons. The molecule has 2 aromatic carbocycles. The molecule has 32 heavy (non-hydrogen) atoms. The minimum absolute atomic E-state index is 0. The minimum Gasteiger partial charge on any atom is -0.458 e. The molecule has 10 heteroatoms. The van der Waals surface area contributed by atoms with Crippen molar-refractivity contribution >= 4 is 27.9 Å². The fourth-order valence-electron chi connectivity index (χ4n) is 3.65. The summed E-state index contributed by atoms with van der Waals surface area (Å²) in [6, 6.07) is 16.9. The van der Waals surface area contributed by atoms with Crippen LogP contribution >= 0.6 is 11.8 Å². The average molecular weight is 488 g/mol. The van der Waals surface area contributed by atoms with Crippen molar-refractivity contribution in [2.45, 2.75) is 36.7 Å². The molecule has 1 N–H and O–H groups in total. The van der Waals surface area contributed by atoms with Crippen molar-refractivity contribution in [3.63, 3.8) is 0 Å². The number of amides is 1. The molecule has 0 unspecified atom stereocenters. The predicted octanol–water partition coefficient (Wildman–Crippen LogP) is 1.02. The maximum atomic E-state index is 11.2. The van der Waals surface area contributed by atoms with Gasteiger partial charge in [0, 0.05) is 37.4 Å². The number of hydrogen-bond donors (Lipinski definition) is 1. The van der Waals surface area contributed by atoms with Crippen LogP contribution < -0.4 is 34.9 Å². The summed E-state index contributed by atoms with van der Waals surface area (Å²) in [4.78, 5) is 13.7. The molecule has 1 spiro atoms. The Morgan fingerprint density at radius 2 is 1.72 bits per heavy atom. The van der Waals surface area contributed by atoms with Crippen LogP contribution in [-0.2, 0) is 21.2 Å². The second-order valence-corrected chi connectivity index (χ2v) is 9.83. The number of benzene rings is 2. The maximum absolute atomic E-state index is 11.2. The summed E-state index contributed by atoms with van der Waals surface area (Å²) in [7, 11) is -3.62. The number of likely N-dealkylation sites (tertiary alicyclic amines) is 1. The van der Waals surface area contributed by atoms with Gasteiger partial charge in [-0.3, -0.25) is 11.8 Å². The molecule has 2 fully saturated rings. The van der Waals surface area contributed by atoms with Gasteiger partial charge in [0.1, 0.15) is 15.6 Å². The second-order valence-electron chi connectivity index (χ2n) is 7.86. The third-order valence-corrected chi connectivity index (χ3v) is 7.20. The van der Waals surface area contributed by atoms with Gasteiger partial charge in [0.2, 0.25) is 0 Å². The summed E-state index contributed by atoms with van der Waals surface area (Å²) in [6.45, 7) is 5.66. The van der Waals surface area contributed by atoms with E-state index in [-0.39, 0.29) is 46.1 Å². The van der Waals surface area contributed by atoms with E-state index in [0.717, 1.165) is 44.5 Å². The van der Waals surface area contributed by atoms with Crippen LogP contribution in [0.1, 0.15) is 24.0 Å². The predicted molar refractivity (Wildman–Crippen MR) is 121 cm³/mol. The van der Waals surface area contributed by atoms with E-state index in [9.17, 15) is 13.2 Å². The van der Waals surface area contributed by atoms with Crippen molar-refractivity contribution in [3.05, 3.63) is 70.0 Å². The molecule has 0 saturated carbocycles. The maximum Gasteiger partial charge on any atom is 1.00 e. The van der Waals surface area contributed by atoms with Crippen LogP contribution in [0.5, 0.6) is 0 Å². The van der Waals surface area contributed by atoms with E-state index in [4.69, 9.17) is 16.5 Å². The number of rotatable bonds is 5. The smallest absolute Gasteiger partial charge is 0.458 e. The Labute approximate surface area is 217 Å². The molecule has 0 aliphatic carbocycles. The van der Waals surface area contributed by atoms with Crippen LogP contribution in [0.3, 0.4) is 0 Å². The number of nitrogens with zero attached hydrogens (tertiary/aromatic N) is 2. The van der Waals surface area contributed by atoms with Gasteiger partial charge >= 0.3 is 35.7 Å². The van der Waals surface area contributed by atoms with Crippen molar-refractivity contribution in [1.82, 2.24) is 10.2 Å². The van der Waals surface area contributed by atoms with Crippen molar-refractivity contribution < 1.29 is 47.5 Å². The molecule has 2 saturated heterocycles. The molecular formula is C22H27ClN3NaO4S. The van der Waals surface area contributed by atoms with E-state index in [1.165, 1.54) is 17.7 Å².